The lowest BCUT2D eigenvalue weighted by atomic mass is 10.1. The summed E-state index contributed by atoms with van der Waals surface area (Å²) < 4.78 is 7.31. The number of hydrogen-bond donors (Lipinski definition) is 1. The Labute approximate surface area is 97.1 Å². The highest BCUT2D eigenvalue weighted by atomic mass is 16.5. The summed E-state index contributed by atoms with van der Waals surface area (Å²) in [6, 6.07) is 0. The number of hydrogen-bond acceptors (Lipinski definition) is 3. The van der Waals surface area contributed by atoms with E-state index in [1.54, 1.807) is 13.3 Å². The molecule has 16 heavy (non-hydrogen) atoms. The topological polar surface area (TPSA) is 53.1 Å². The number of rotatable bonds is 6. The van der Waals surface area contributed by atoms with Crippen LogP contribution in [0.15, 0.2) is 12.3 Å². The maximum Gasteiger partial charge on any atom is 0.164 e. The van der Waals surface area contributed by atoms with Gasteiger partial charge in [-0.15, -0.1) is 0 Å². The van der Waals surface area contributed by atoms with E-state index >= 15 is 0 Å². The average molecular weight is 223 g/mol. The molecule has 0 radical (unpaired) electrons. The third kappa shape index (κ3) is 2.85. The lowest BCUT2D eigenvalue weighted by Gasteiger charge is -2.08. The minimum atomic E-state index is 0.668. The first-order chi connectivity index (χ1) is 7.74. The average Bonchev–Trinajstić information content (AvgIpc) is 2.69. The molecule has 0 aliphatic rings. The van der Waals surface area contributed by atoms with Gasteiger partial charge in [-0.1, -0.05) is 13.0 Å². The van der Waals surface area contributed by atoms with E-state index in [0.29, 0.717) is 6.54 Å². The molecular weight excluding hydrogens is 202 g/mol. The van der Waals surface area contributed by atoms with E-state index in [4.69, 9.17) is 10.5 Å². The quantitative estimate of drug-likeness (QED) is 0.803. The van der Waals surface area contributed by atoms with Gasteiger partial charge in [0.25, 0.3) is 0 Å². The van der Waals surface area contributed by atoms with Gasteiger partial charge in [-0.2, -0.15) is 5.10 Å². The van der Waals surface area contributed by atoms with E-state index < -0.39 is 0 Å². The summed E-state index contributed by atoms with van der Waals surface area (Å²) in [5.74, 6) is 0.833. The van der Waals surface area contributed by atoms with Crippen LogP contribution in [0, 0.1) is 0 Å². The summed E-state index contributed by atoms with van der Waals surface area (Å²) in [4.78, 5) is 0. The Kier molecular flexibility index (Phi) is 5.05. The molecule has 0 fully saturated rings. The number of ether oxygens (including phenoxy) is 1. The van der Waals surface area contributed by atoms with Crippen molar-refractivity contribution in [3.05, 3.63) is 18.0 Å². The fourth-order valence-electron chi connectivity index (χ4n) is 1.69. The van der Waals surface area contributed by atoms with E-state index in [9.17, 15) is 0 Å². The summed E-state index contributed by atoms with van der Waals surface area (Å²) >= 11 is 0. The minimum absolute atomic E-state index is 0.668. The van der Waals surface area contributed by atoms with Crippen LogP contribution in [0.2, 0.25) is 0 Å². The van der Waals surface area contributed by atoms with Crippen molar-refractivity contribution < 1.29 is 4.74 Å². The monoisotopic (exact) mass is 223 g/mol. The predicted octanol–water partition coefficient (Wildman–Crippen LogP) is 2.05. The summed E-state index contributed by atoms with van der Waals surface area (Å²) in [5.41, 5.74) is 7.74. The molecule has 1 aromatic rings. The minimum Gasteiger partial charge on any atom is -0.493 e. The van der Waals surface area contributed by atoms with Gasteiger partial charge < -0.3 is 10.5 Å². The Morgan fingerprint density at radius 1 is 1.62 bits per heavy atom. The van der Waals surface area contributed by atoms with Crippen LogP contribution in [0.5, 0.6) is 5.75 Å². The zero-order chi connectivity index (χ0) is 12.0. The van der Waals surface area contributed by atoms with E-state index in [1.165, 1.54) is 5.57 Å². The summed E-state index contributed by atoms with van der Waals surface area (Å²) in [5, 5.41) is 4.33. The van der Waals surface area contributed by atoms with Crippen LogP contribution >= 0.6 is 0 Å². The molecule has 0 bridgehead atoms. The Morgan fingerprint density at radius 2 is 2.38 bits per heavy atom. The lowest BCUT2D eigenvalue weighted by molar-refractivity contribution is 0.412. The smallest absolute Gasteiger partial charge is 0.164 e. The fourth-order valence-corrected chi connectivity index (χ4v) is 1.69. The number of aromatic nitrogens is 2. The molecular formula is C12H21N3O. The van der Waals surface area contributed by atoms with Crippen molar-refractivity contribution in [3.63, 3.8) is 0 Å². The molecule has 1 heterocycles. The van der Waals surface area contributed by atoms with E-state index in [2.05, 4.69) is 25.0 Å². The van der Waals surface area contributed by atoms with Crippen LogP contribution in [-0.2, 0) is 6.54 Å². The molecule has 0 aromatic carbocycles. The molecule has 4 heteroatoms. The van der Waals surface area contributed by atoms with Gasteiger partial charge in [0.05, 0.1) is 13.3 Å². The summed E-state index contributed by atoms with van der Waals surface area (Å²) in [7, 11) is 1.67. The highest BCUT2D eigenvalue weighted by Crippen LogP contribution is 2.25. The van der Waals surface area contributed by atoms with E-state index in [1.807, 2.05) is 4.68 Å². The Balaban J connectivity index is 3.02. The second-order valence-electron chi connectivity index (χ2n) is 3.75. The summed E-state index contributed by atoms with van der Waals surface area (Å²) in [6.07, 6.45) is 5.84. The summed E-state index contributed by atoms with van der Waals surface area (Å²) in [6.45, 7) is 5.78. The van der Waals surface area contributed by atoms with Crippen molar-refractivity contribution in [2.24, 2.45) is 5.73 Å². The van der Waals surface area contributed by atoms with Crippen LogP contribution in [0.25, 0.3) is 5.57 Å². The largest absolute Gasteiger partial charge is 0.493 e. The zero-order valence-corrected chi connectivity index (χ0v) is 10.4. The molecule has 0 amide bonds. The Morgan fingerprint density at radius 3 is 2.94 bits per heavy atom. The van der Waals surface area contributed by atoms with Gasteiger partial charge in [0.15, 0.2) is 5.75 Å². The Bertz CT molecular complexity index is 355. The molecule has 0 atom stereocenters. The molecule has 0 aliphatic heterocycles. The third-order valence-corrected chi connectivity index (χ3v) is 2.45. The highest BCUT2D eigenvalue weighted by Gasteiger charge is 2.11. The molecule has 1 aromatic heterocycles. The van der Waals surface area contributed by atoms with Crippen molar-refractivity contribution in [2.45, 2.75) is 33.2 Å². The van der Waals surface area contributed by atoms with Crippen LogP contribution in [0.3, 0.4) is 0 Å². The molecule has 0 saturated carbocycles. The highest BCUT2D eigenvalue weighted by molar-refractivity contribution is 5.65. The third-order valence-electron chi connectivity index (χ3n) is 2.45. The zero-order valence-electron chi connectivity index (χ0n) is 10.4. The van der Waals surface area contributed by atoms with Crippen molar-refractivity contribution in [1.29, 1.82) is 0 Å². The maximum absolute atomic E-state index is 5.50. The van der Waals surface area contributed by atoms with Crippen molar-refractivity contribution in [3.8, 4) is 5.75 Å². The molecule has 0 unspecified atom stereocenters. The predicted molar refractivity (Wildman–Crippen MR) is 66.4 cm³/mol. The molecule has 0 aliphatic carbocycles. The van der Waals surface area contributed by atoms with Crippen molar-refractivity contribution in [2.75, 3.05) is 13.7 Å². The molecule has 0 saturated heterocycles. The maximum atomic E-state index is 5.50. The molecule has 0 spiro atoms. The van der Waals surface area contributed by atoms with Gasteiger partial charge in [-0.05, 0) is 31.9 Å². The number of nitrogens with two attached hydrogens (primary N) is 1. The van der Waals surface area contributed by atoms with Crippen LogP contribution in [-0.4, -0.2) is 23.4 Å². The van der Waals surface area contributed by atoms with Gasteiger partial charge in [0.2, 0.25) is 0 Å². The van der Waals surface area contributed by atoms with Gasteiger partial charge in [0, 0.05) is 6.54 Å². The first kappa shape index (κ1) is 12.8. The molecule has 2 N–H and O–H groups in total. The van der Waals surface area contributed by atoms with Gasteiger partial charge in [-0.25, -0.2) is 0 Å². The number of nitrogens with zero attached hydrogens (tertiary/aromatic N) is 2. The van der Waals surface area contributed by atoms with Crippen LogP contribution < -0.4 is 10.5 Å². The fraction of sp³-hybridized carbons (Fsp3) is 0.583. The normalized spacial score (nSPS) is 11.9. The second kappa shape index (κ2) is 6.33. The number of aryl methyl sites for hydroxylation is 1. The number of methoxy groups -OCH3 is 1. The van der Waals surface area contributed by atoms with Crippen LogP contribution in [0.1, 0.15) is 32.4 Å². The second-order valence-corrected chi connectivity index (χ2v) is 3.75. The van der Waals surface area contributed by atoms with Crippen molar-refractivity contribution >= 4 is 5.57 Å². The number of allylic oxidation sites excluding steroid dienone is 1. The van der Waals surface area contributed by atoms with Gasteiger partial charge in [0.1, 0.15) is 5.69 Å². The van der Waals surface area contributed by atoms with E-state index in [0.717, 1.165) is 30.8 Å². The Hall–Kier alpha value is -1.29. The first-order valence-corrected chi connectivity index (χ1v) is 5.71. The van der Waals surface area contributed by atoms with Crippen molar-refractivity contribution in [1.82, 2.24) is 9.78 Å². The van der Waals surface area contributed by atoms with Gasteiger partial charge >= 0.3 is 0 Å². The van der Waals surface area contributed by atoms with E-state index in [-0.39, 0.29) is 0 Å². The SMILES string of the molecule is CCCn1ncc(OC)c1C(C)=CCCN. The standard InChI is InChI=1S/C12H21N3O/c1-4-8-15-12(10(2)6-5-7-13)11(16-3)9-14-15/h6,9H,4-5,7-8,13H2,1-3H3. The van der Waals surface area contributed by atoms with Crippen LogP contribution in [0.4, 0.5) is 0 Å². The molecule has 1 rings (SSSR count). The first-order valence-electron chi connectivity index (χ1n) is 5.71. The van der Waals surface area contributed by atoms with Gasteiger partial charge in [-0.3, -0.25) is 4.68 Å². The lowest BCUT2D eigenvalue weighted by Crippen LogP contribution is -2.04. The molecule has 4 nitrogen and oxygen atoms in total. The molecule has 90 valence electrons.